The van der Waals surface area contributed by atoms with Crippen LogP contribution in [0.4, 0.5) is 4.79 Å². The Morgan fingerprint density at radius 3 is 2.35 bits per heavy atom. The fraction of sp³-hybridized carbons (Fsp3) is 0.562. The molecule has 23 heavy (non-hydrogen) atoms. The number of fused-ring (bicyclic) bond motifs is 2. The van der Waals surface area contributed by atoms with Gasteiger partial charge in [0.2, 0.25) is 0 Å². The molecule has 2 bridgehead atoms. The van der Waals surface area contributed by atoms with Crippen LogP contribution in [-0.2, 0) is 25.6 Å². The molecule has 0 radical (unpaired) electrons. The van der Waals surface area contributed by atoms with Crippen molar-refractivity contribution in [2.24, 2.45) is 0 Å². The minimum atomic E-state index is -3.46. The lowest BCUT2D eigenvalue weighted by atomic mass is 10.0. The second kappa shape index (κ2) is 6.49. The van der Waals surface area contributed by atoms with Gasteiger partial charge in [-0.15, -0.1) is 0 Å². The Balaban J connectivity index is 1.58. The monoisotopic (exact) mass is 339 g/mol. The largest absolute Gasteiger partial charge is 0.445 e. The number of hydrogen-bond acceptors (Lipinski definition) is 5. The van der Waals surface area contributed by atoms with Crippen LogP contribution in [-0.4, -0.2) is 43.9 Å². The first kappa shape index (κ1) is 16.3. The maximum absolute atomic E-state index is 12.4. The van der Waals surface area contributed by atoms with Crippen molar-refractivity contribution in [3.8, 4) is 0 Å². The van der Waals surface area contributed by atoms with E-state index in [1.165, 1.54) is 0 Å². The van der Waals surface area contributed by atoms with E-state index in [-0.39, 0.29) is 30.9 Å². The van der Waals surface area contributed by atoms with Gasteiger partial charge in [0.1, 0.15) is 6.61 Å². The van der Waals surface area contributed by atoms with E-state index in [1.54, 1.807) is 4.90 Å². The Hall–Kier alpha value is -1.60. The number of benzene rings is 1. The molecule has 0 aromatic heterocycles. The van der Waals surface area contributed by atoms with Crippen LogP contribution in [0.15, 0.2) is 30.3 Å². The highest BCUT2D eigenvalue weighted by molar-refractivity contribution is 7.86. The fourth-order valence-electron chi connectivity index (χ4n) is 3.54. The van der Waals surface area contributed by atoms with Gasteiger partial charge in [-0.25, -0.2) is 4.79 Å². The highest BCUT2D eigenvalue weighted by Gasteiger charge is 2.45. The number of hydrogen-bond donors (Lipinski definition) is 0. The summed E-state index contributed by atoms with van der Waals surface area (Å²) in [6.07, 6.45) is 3.24. The number of piperidine rings is 1. The van der Waals surface area contributed by atoms with E-state index < -0.39 is 10.1 Å². The summed E-state index contributed by atoms with van der Waals surface area (Å²) in [5.74, 6) is 0. The summed E-state index contributed by atoms with van der Waals surface area (Å²) in [4.78, 5) is 14.1. The molecule has 0 spiro atoms. The number of carbonyl (C=O) groups excluding carboxylic acids is 1. The summed E-state index contributed by atoms with van der Waals surface area (Å²) in [7, 11) is -3.46. The quantitative estimate of drug-likeness (QED) is 0.787. The van der Waals surface area contributed by atoms with Crippen molar-refractivity contribution in [1.82, 2.24) is 4.90 Å². The third-order valence-electron chi connectivity index (χ3n) is 4.42. The summed E-state index contributed by atoms with van der Waals surface area (Å²) in [6.45, 7) is 0.249. The highest BCUT2D eigenvalue weighted by atomic mass is 32.2. The van der Waals surface area contributed by atoms with E-state index in [9.17, 15) is 13.2 Å². The van der Waals surface area contributed by atoms with Crippen molar-refractivity contribution in [1.29, 1.82) is 0 Å². The third kappa shape index (κ3) is 4.03. The molecule has 126 valence electrons. The zero-order valence-electron chi connectivity index (χ0n) is 13.1. The summed E-state index contributed by atoms with van der Waals surface area (Å²) in [5, 5.41) is 0. The van der Waals surface area contributed by atoms with E-state index >= 15 is 0 Å². The SMILES string of the molecule is CS(=O)(=O)OC1CC2CCC(C1)N2C(=O)OCc1ccccc1. The van der Waals surface area contributed by atoms with Crippen molar-refractivity contribution in [2.75, 3.05) is 6.26 Å². The average molecular weight is 339 g/mol. The minimum absolute atomic E-state index is 0.00349. The highest BCUT2D eigenvalue weighted by Crippen LogP contribution is 2.37. The molecule has 0 saturated carbocycles. The summed E-state index contributed by atoms with van der Waals surface area (Å²) < 4.78 is 33.1. The summed E-state index contributed by atoms with van der Waals surface area (Å²) >= 11 is 0. The topological polar surface area (TPSA) is 72.9 Å². The normalized spacial score (nSPS) is 27.0. The first-order valence-electron chi connectivity index (χ1n) is 7.79. The number of ether oxygens (including phenoxy) is 1. The molecule has 7 heteroatoms. The van der Waals surface area contributed by atoms with E-state index in [0.717, 1.165) is 24.7 Å². The van der Waals surface area contributed by atoms with Crippen LogP contribution < -0.4 is 0 Å². The number of amides is 1. The standard InChI is InChI=1S/C16H21NO5S/c1-23(19,20)22-15-9-13-7-8-14(10-15)17(13)16(18)21-11-12-5-3-2-4-6-12/h2-6,13-15H,7-11H2,1H3. The molecule has 1 amide bonds. The average Bonchev–Trinajstić information content (AvgIpc) is 2.76. The van der Waals surface area contributed by atoms with Gasteiger partial charge in [-0.3, -0.25) is 4.18 Å². The van der Waals surface area contributed by atoms with E-state index in [0.29, 0.717) is 12.8 Å². The Bertz CT molecular complexity index is 646. The van der Waals surface area contributed by atoms with E-state index in [4.69, 9.17) is 8.92 Å². The molecule has 1 aromatic carbocycles. The summed E-state index contributed by atoms with van der Waals surface area (Å²) in [6, 6.07) is 9.55. The predicted octanol–water partition coefficient (Wildman–Crippen LogP) is 2.29. The molecule has 0 aliphatic carbocycles. The van der Waals surface area contributed by atoms with Crippen LogP contribution in [0.5, 0.6) is 0 Å². The molecule has 2 heterocycles. The van der Waals surface area contributed by atoms with Crippen molar-refractivity contribution < 1.29 is 22.1 Å². The van der Waals surface area contributed by atoms with Gasteiger partial charge in [0.15, 0.2) is 0 Å². The third-order valence-corrected chi connectivity index (χ3v) is 5.04. The van der Waals surface area contributed by atoms with Gasteiger partial charge in [-0.2, -0.15) is 8.42 Å². The van der Waals surface area contributed by atoms with Crippen LogP contribution >= 0.6 is 0 Å². The van der Waals surface area contributed by atoms with Crippen LogP contribution in [0, 0.1) is 0 Å². The molecular formula is C16H21NO5S. The lowest BCUT2D eigenvalue weighted by Crippen LogP contribution is -2.49. The second-order valence-electron chi connectivity index (χ2n) is 6.23. The van der Waals surface area contributed by atoms with Crippen LogP contribution in [0.1, 0.15) is 31.2 Å². The first-order chi connectivity index (χ1) is 10.9. The summed E-state index contributed by atoms with van der Waals surface area (Å²) in [5.41, 5.74) is 0.948. The molecule has 0 N–H and O–H groups in total. The molecule has 2 unspecified atom stereocenters. The molecule has 6 nitrogen and oxygen atoms in total. The Morgan fingerprint density at radius 1 is 1.17 bits per heavy atom. The van der Waals surface area contributed by atoms with Gasteiger partial charge in [-0.1, -0.05) is 30.3 Å². The Morgan fingerprint density at radius 2 is 1.78 bits per heavy atom. The maximum atomic E-state index is 12.4. The zero-order valence-corrected chi connectivity index (χ0v) is 13.9. The van der Waals surface area contributed by atoms with Crippen LogP contribution in [0.2, 0.25) is 0 Å². The van der Waals surface area contributed by atoms with Crippen molar-refractivity contribution >= 4 is 16.2 Å². The van der Waals surface area contributed by atoms with E-state index in [1.807, 2.05) is 30.3 Å². The lowest BCUT2D eigenvalue weighted by molar-refractivity contribution is 0.0328. The molecule has 2 aliphatic heterocycles. The minimum Gasteiger partial charge on any atom is -0.445 e. The van der Waals surface area contributed by atoms with Crippen LogP contribution in [0.25, 0.3) is 0 Å². The fourth-order valence-corrected chi connectivity index (χ4v) is 4.20. The van der Waals surface area contributed by atoms with Crippen molar-refractivity contribution in [2.45, 2.75) is 50.5 Å². The predicted molar refractivity (Wildman–Crippen MR) is 84.2 cm³/mol. The van der Waals surface area contributed by atoms with Gasteiger partial charge in [0.25, 0.3) is 10.1 Å². The Labute approximate surface area is 136 Å². The Kier molecular flexibility index (Phi) is 4.59. The molecule has 2 aliphatic rings. The molecule has 2 saturated heterocycles. The van der Waals surface area contributed by atoms with Gasteiger partial charge in [0.05, 0.1) is 12.4 Å². The number of nitrogens with zero attached hydrogens (tertiary/aromatic N) is 1. The number of rotatable bonds is 4. The molecule has 3 rings (SSSR count). The molecule has 2 fully saturated rings. The first-order valence-corrected chi connectivity index (χ1v) is 9.61. The van der Waals surface area contributed by atoms with Gasteiger partial charge in [0, 0.05) is 12.1 Å². The van der Waals surface area contributed by atoms with Gasteiger partial charge in [-0.05, 0) is 31.2 Å². The smallest absolute Gasteiger partial charge is 0.410 e. The zero-order chi connectivity index (χ0) is 16.4. The lowest BCUT2D eigenvalue weighted by Gasteiger charge is -2.37. The van der Waals surface area contributed by atoms with Crippen molar-refractivity contribution in [3.63, 3.8) is 0 Å². The van der Waals surface area contributed by atoms with Crippen LogP contribution in [0.3, 0.4) is 0 Å². The maximum Gasteiger partial charge on any atom is 0.410 e. The molecule has 1 aromatic rings. The molecular weight excluding hydrogens is 318 g/mol. The van der Waals surface area contributed by atoms with Gasteiger partial charge >= 0.3 is 6.09 Å². The van der Waals surface area contributed by atoms with Gasteiger partial charge < -0.3 is 9.64 Å². The molecule has 2 atom stereocenters. The number of carbonyl (C=O) groups is 1. The second-order valence-corrected chi connectivity index (χ2v) is 7.83. The van der Waals surface area contributed by atoms with E-state index in [2.05, 4.69) is 0 Å². The van der Waals surface area contributed by atoms with Crippen molar-refractivity contribution in [3.05, 3.63) is 35.9 Å².